The molecule has 0 spiro atoms. The molecule has 2 aliphatic heterocycles. The quantitative estimate of drug-likeness (QED) is 0.857. The summed E-state index contributed by atoms with van der Waals surface area (Å²) in [6, 6.07) is 0.618. The summed E-state index contributed by atoms with van der Waals surface area (Å²) in [7, 11) is 0. The van der Waals surface area contributed by atoms with Crippen LogP contribution in [0.4, 0.5) is 0 Å². The molecule has 1 aromatic heterocycles. The van der Waals surface area contributed by atoms with E-state index in [0.29, 0.717) is 12.0 Å². The third-order valence-electron chi connectivity index (χ3n) is 4.34. The average molecular weight is 249 g/mol. The maximum absolute atomic E-state index is 6.22. The predicted octanol–water partition coefficient (Wildman–Crippen LogP) is 1.27. The number of aryl methyl sites for hydroxylation is 1. The molecule has 1 fully saturated rings. The molecule has 3 rings (SSSR count). The van der Waals surface area contributed by atoms with Gasteiger partial charge in [-0.1, -0.05) is 0 Å². The lowest BCUT2D eigenvalue weighted by atomic mass is 10.1. The average Bonchev–Trinajstić information content (AvgIpc) is 2.94. The number of nitrogens with two attached hydrogens (primary N) is 1. The van der Waals surface area contributed by atoms with E-state index in [0.717, 1.165) is 37.5 Å². The van der Waals surface area contributed by atoms with E-state index in [9.17, 15) is 0 Å². The van der Waals surface area contributed by atoms with Gasteiger partial charge in [-0.15, -0.1) is 10.2 Å². The number of hydrogen-bond acceptors (Lipinski definition) is 4. The molecular weight excluding hydrogens is 226 g/mol. The summed E-state index contributed by atoms with van der Waals surface area (Å²) in [4.78, 5) is 2.51. The van der Waals surface area contributed by atoms with E-state index in [1.807, 2.05) is 0 Å². The van der Waals surface area contributed by atoms with Crippen LogP contribution in [0.1, 0.15) is 56.8 Å². The molecule has 5 nitrogen and oxygen atoms in total. The highest BCUT2D eigenvalue weighted by Gasteiger charge is 2.32. The summed E-state index contributed by atoms with van der Waals surface area (Å²) >= 11 is 0. The van der Waals surface area contributed by atoms with E-state index in [1.54, 1.807) is 0 Å². The molecule has 2 atom stereocenters. The minimum absolute atomic E-state index is 0.0897. The Morgan fingerprint density at radius 2 is 2.11 bits per heavy atom. The molecule has 0 bridgehead atoms. The summed E-state index contributed by atoms with van der Waals surface area (Å²) in [5, 5.41) is 8.77. The topological polar surface area (TPSA) is 60.0 Å². The Morgan fingerprint density at radius 3 is 2.83 bits per heavy atom. The minimum Gasteiger partial charge on any atom is -0.311 e. The molecular formula is C13H23N5. The fourth-order valence-electron chi connectivity index (χ4n) is 3.21. The van der Waals surface area contributed by atoms with Crippen molar-refractivity contribution in [2.45, 2.75) is 57.7 Å². The minimum atomic E-state index is 0.0897. The van der Waals surface area contributed by atoms with Gasteiger partial charge in [-0.2, -0.15) is 0 Å². The highest BCUT2D eigenvalue weighted by molar-refractivity contribution is 5.09. The zero-order valence-electron chi connectivity index (χ0n) is 11.3. The molecule has 2 aliphatic rings. The van der Waals surface area contributed by atoms with E-state index in [4.69, 9.17) is 5.73 Å². The molecule has 3 heterocycles. The Hall–Kier alpha value is -0.940. The van der Waals surface area contributed by atoms with Crippen molar-refractivity contribution in [1.29, 1.82) is 0 Å². The van der Waals surface area contributed by atoms with Gasteiger partial charge in [0, 0.05) is 24.9 Å². The predicted molar refractivity (Wildman–Crippen MR) is 70.3 cm³/mol. The van der Waals surface area contributed by atoms with Gasteiger partial charge in [0.05, 0.1) is 6.17 Å². The van der Waals surface area contributed by atoms with E-state index in [1.165, 1.54) is 13.0 Å². The third-order valence-corrected chi connectivity index (χ3v) is 4.34. The van der Waals surface area contributed by atoms with Crippen LogP contribution in [0.2, 0.25) is 0 Å². The van der Waals surface area contributed by atoms with Crippen molar-refractivity contribution in [3.8, 4) is 0 Å². The SMILES string of the molecule is CC(C)N1CCC(c2nnc3n2C(N)CCC3)C1. The first-order valence-corrected chi connectivity index (χ1v) is 7.10. The number of nitrogens with zero attached hydrogens (tertiary/aromatic N) is 4. The first-order chi connectivity index (χ1) is 8.66. The van der Waals surface area contributed by atoms with Gasteiger partial charge in [0.1, 0.15) is 11.6 Å². The number of aromatic nitrogens is 3. The van der Waals surface area contributed by atoms with Gasteiger partial charge in [-0.25, -0.2) is 0 Å². The molecule has 1 aromatic rings. The highest BCUT2D eigenvalue weighted by Crippen LogP contribution is 2.31. The van der Waals surface area contributed by atoms with Crippen molar-refractivity contribution in [3.05, 3.63) is 11.6 Å². The van der Waals surface area contributed by atoms with Gasteiger partial charge >= 0.3 is 0 Å². The first kappa shape index (κ1) is 12.1. The number of fused-ring (bicyclic) bond motifs is 1. The fraction of sp³-hybridized carbons (Fsp3) is 0.846. The molecule has 0 saturated carbocycles. The lowest BCUT2D eigenvalue weighted by molar-refractivity contribution is 0.270. The summed E-state index contributed by atoms with van der Waals surface area (Å²) in [5.74, 6) is 2.73. The van der Waals surface area contributed by atoms with Gasteiger partial charge in [-0.3, -0.25) is 4.57 Å². The lowest BCUT2D eigenvalue weighted by Gasteiger charge is -2.24. The van der Waals surface area contributed by atoms with Crippen molar-refractivity contribution >= 4 is 0 Å². The van der Waals surface area contributed by atoms with Crippen LogP contribution in [0.15, 0.2) is 0 Å². The van der Waals surface area contributed by atoms with Crippen LogP contribution >= 0.6 is 0 Å². The summed E-state index contributed by atoms with van der Waals surface area (Å²) in [5.41, 5.74) is 6.22. The van der Waals surface area contributed by atoms with E-state index in [2.05, 4.69) is 33.5 Å². The van der Waals surface area contributed by atoms with Crippen molar-refractivity contribution < 1.29 is 0 Å². The second-order valence-corrected chi connectivity index (χ2v) is 5.88. The Bertz CT molecular complexity index is 425. The molecule has 2 N–H and O–H groups in total. The maximum atomic E-state index is 6.22. The van der Waals surface area contributed by atoms with Crippen molar-refractivity contribution in [2.75, 3.05) is 13.1 Å². The van der Waals surface area contributed by atoms with E-state index < -0.39 is 0 Å². The standard InChI is InChI=1S/C13H23N5/c1-9(2)17-7-6-10(8-17)13-16-15-12-5-3-4-11(14)18(12)13/h9-11H,3-8,14H2,1-2H3. The number of hydrogen-bond donors (Lipinski definition) is 1. The Labute approximate surface area is 108 Å². The normalized spacial score (nSPS) is 28.9. The zero-order valence-corrected chi connectivity index (χ0v) is 11.3. The van der Waals surface area contributed by atoms with E-state index >= 15 is 0 Å². The van der Waals surface area contributed by atoms with Crippen LogP contribution < -0.4 is 5.73 Å². The fourth-order valence-corrected chi connectivity index (χ4v) is 3.21. The maximum Gasteiger partial charge on any atom is 0.138 e. The van der Waals surface area contributed by atoms with Gasteiger partial charge < -0.3 is 10.6 Å². The van der Waals surface area contributed by atoms with Crippen LogP contribution in [0.3, 0.4) is 0 Å². The Morgan fingerprint density at radius 1 is 1.28 bits per heavy atom. The van der Waals surface area contributed by atoms with Crippen molar-refractivity contribution in [3.63, 3.8) is 0 Å². The summed E-state index contributed by atoms with van der Waals surface area (Å²) in [6.07, 6.45) is 4.50. The van der Waals surface area contributed by atoms with Crippen molar-refractivity contribution in [2.24, 2.45) is 5.73 Å². The smallest absolute Gasteiger partial charge is 0.138 e. The second kappa shape index (κ2) is 4.63. The largest absolute Gasteiger partial charge is 0.311 e. The monoisotopic (exact) mass is 249 g/mol. The van der Waals surface area contributed by atoms with Gasteiger partial charge in [0.25, 0.3) is 0 Å². The molecule has 0 amide bonds. The summed E-state index contributed by atoms with van der Waals surface area (Å²) in [6.45, 7) is 6.78. The third kappa shape index (κ3) is 1.95. The first-order valence-electron chi connectivity index (χ1n) is 7.10. The van der Waals surface area contributed by atoms with E-state index in [-0.39, 0.29) is 6.17 Å². The highest BCUT2D eigenvalue weighted by atomic mass is 15.3. The van der Waals surface area contributed by atoms with Crippen LogP contribution in [-0.4, -0.2) is 38.8 Å². The molecule has 0 aliphatic carbocycles. The van der Waals surface area contributed by atoms with Crippen molar-refractivity contribution in [1.82, 2.24) is 19.7 Å². The van der Waals surface area contributed by atoms with Gasteiger partial charge in [0.2, 0.25) is 0 Å². The molecule has 18 heavy (non-hydrogen) atoms. The molecule has 1 saturated heterocycles. The van der Waals surface area contributed by atoms with Crippen LogP contribution in [0.5, 0.6) is 0 Å². The number of rotatable bonds is 2. The summed E-state index contributed by atoms with van der Waals surface area (Å²) < 4.78 is 2.21. The molecule has 0 radical (unpaired) electrons. The Balaban J connectivity index is 1.84. The molecule has 100 valence electrons. The van der Waals surface area contributed by atoms with Crippen LogP contribution in [0.25, 0.3) is 0 Å². The van der Waals surface area contributed by atoms with Gasteiger partial charge in [-0.05, 0) is 39.7 Å². The molecule has 0 aromatic carbocycles. The molecule has 2 unspecified atom stereocenters. The van der Waals surface area contributed by atoms with Crippen LogP contribution in [-0.2, 0) is 6.42 Å². The molecule has 5 heteroatoms. The van der Waals surface area contributed by atoms with Crippen LogP contribution in [0, 0.1) is 0 Å². The second-order valence-electron chi connectivity index (χ2n) is 5.88. The Kier molecular flexibility index (Phi) is 3.11. The van der Waals surface area contributed by atoms with Gasteiger partial charge in [0.15, 0.2) is 0 Å². The number of likely N-dealkylation sites (tertiary alicyclic amines) is 1. The lowest BCUT2D eigenvalue weighted by Crippen LogP contribution is -2.30. The zero-order chi connectivity index (χ0) is 12.7.